The van der Waals surface area contributed by atoms with Gasteiger partial charge in [-0.3, -0.25) is 19.2 Å². The normalized spacial score (nSPS) is 13.6. The van der Waals surface area contributed by atoms with Gasteiger partial charge in [0.1, 0.15) is 5.75 Å². The molecule has 1 aromatic rings. The molecule has 0 heterocycles. The van der Waals surface area contributed by atoms with Crippen molar-refractivity contribution < 1.29 is 23.1 Å². The van der Waals surface area contributed by atoms with Crippen molar-refractivity contribution in [2.24, 2.45) is 0 Å². The summed E-state index contributed by atoms with van der Waals surface area (Å²) in [4.78, 5) is 10.1. The molecular formula is C13H20NO6P. The number of nitrogens with zero attached hydrogens (tertiary/aromatic N) is 1. The topological polar surface area (TPSA) is 87.9 Å². The zero-order chi connectivity index (χ0) is 15.7. The molecule has 0 saturated heterocycles. The molecule has 0 bridgehead atoms. The maximum atomic E-state index is 12.4. The Morgan fingerprint density at radius 2 is 1.71 bits per heavy atom. The lowest BCUT2D eigenvalue weighted by Crippen LogP contribution is -2.04. The molecule has 8 heteroatoms. The van der Waals surface area contributed by atoms with Crippen LogP contribution < -0.4 is 4.52 Å². The van der Waals surface area contributed by atoms with Crippen molar-refractivity contribution in [3.63, 3.8) is 0 Å². The van der Waals surface area contributed by atoms with Gasteiger partial charge >= 0.3 is 7.82 Å². The second kappa shape index (κ2) is 8.77. The average molecular weight is 317 g/mol. The molecule has 21 heavy (non-hydrogen) atoms. The lowest BCUT2D eigenvalue weighted by atomic mass is 10.3. The van der Waals surface area contributed by atoms with E-state index in [2.05, 4.69) is 0 Å². The van der Waals surface area contributed by atoms with Gasteiger partial charge in [0, 0.05) is 12.1 Å². The minimum Gasteiger partial charge on any atom is -0.404 e. The van der Waals surface area contributed by atoms with Gasteiger partial charge in [-0.15, -0.1) is 0 Å². The molecule has 0 aliphatic carbocycles. The van der Waals surface area contributed by atoms with Crippen LogP contribution >= 0.6 is 7.82 Å². The molecule has 0 fully saturated rings. The number of nitro benzene ring substituents is 1. The van der Waals surface area contributed by atoms with E-state index in [1.165, 1.54) is 24.3 Å². The number of non-ortho nitro benzene ring substituents is 1. The van der Waals surface area contributed by atoms with Crippen molar-refractivity contribution in [3.8, 4) is 5.75 Å². The first-order valence-corrected chi connectivity index (χ1v) is 8.30. The van der Waals surface area contributed by atoms with E-state index < -0.39 is 12.7 Å². The van der Waals surface area contributed by atoms with Crippen LogP contribution in [0.25, 0.3) is 0 Å². The predicted octanol–water partition coefficient (Wildman–Crippen LogP) is 4.33. The van der Waals surface area contributed by atoms with E-state index in [0.29, 0.717) is 6.42 Å². The standard InChI is InChI=1S/C13H20NO6P/c1-3-5-11-19-21(17,18-10-4-2)20-13-8-6-12(7-9-13)14(15)16/h6-9H,3-5,10-11H2,1-2H3. The number of nitro groups is 1. The van der Waals surface area contributed by atoms with Crippen LogP contribution in [0.5, 0.6) is 5.75 Å². The van der Waals surface area contributed by atoms with E-state index in [9.17, 15) is 14.7 Å². The first kappa shape index (κ1) is 17.6. The van der Waals surface area contributed by atoms with Crippen LogP contribution in [-0.2, 0) is 13.6 Å². The number of rotatable bonds is 10. The molecule has 118 valence electrons. The fourth-order valence-corrected chi connectivity index (χ4v) is 2.69. The molecule has 0 radical (unpaired) electrons. The first-order chi connectivity index (χ1) is 10.0. The highest BCUT2D eigenvalue weighted by molar-refractivity contribution is 7.48. The van der Waals surface area contributed by atoms with Crippen molar-refractivity contribution in [1.82, 2.24) is 0 Å². The van der Waals surface area contributed by atoms with Crippen LogP contribution in [0.3, 0.4) is 0 Å². The van der Waals surface area contributed by atoms with Gasteiger partial charge in [0.2, 0.25) is 0 Å². The van der Waals surface area contributed by atoms with Gasteiger partial charge in [0.15, 0.2) is 0 Å². The highest BCUT2D eigenvalue weighted by atomic mass is 31.2. The molecule has 0 N–H and O–H groups in total. The average Bonchev–Trinajstić information content (AvgIpc) is 2.46. The first-order valence-electron chi connectivity index (χ1n) is 6.84. The molecule has 0 saturated carbocycles. The van der Waals surface area contributed by atoms with E-state index >= 15 is 0 Å². The minimum atomic E-state index is -3.70. The highest BCUT2D eigenvalue weighted by Gasteiger charge is 2.28. The van der Waals surface area contributed by atoms with Crippen LogP contribution in [0.2, 0.25) is 0 Å². The summed E-state index contributed by atoms with van der Waals surface area (Å²) in [5.41, 5.74) is -0.0708. The van der Waals surface area contributed by atoms with Crippen molar-refractivity contribution in [2.75, 3.05) is 13.2 Å². The number of hydrogen-bond acceptors (Lipinski definition) is 6. The van der Waals surface area contributed by atoms with Crippen LogP contribution in [0.15, 0.2) is 24.3 Å². The second-order valence-electron chi connectivity index (χ2n) is 4.31. The quantitative estimate of drug-likeness (QED) is 0.276. The number of hydrogen-bond donors (Lipinski definition) is 0. The minimum absolute atomic E-state index is 0.0708. The smallest absolute Gasteiger partial charge is 0.404 e. The SMILES string of the molecule is CCCCOP(=O)(OCCC)Oc1ccc([N+](=O)[O-])cc1. The largest absolute Gasteiger partial charge is 0.530 e. The van der Waals surface area contributed by atoms with E-state index in [1.54, 1.807) is 0 Å². The summed E-state index contributed by atoms with van der Waals surface area (Å²) in [6, 6.07) is 5.27. The summed E-state index contributed by atoms with van der Waals surface area (Å²) < 4.78 is 28.1. The Bertz CT molecular complexity index is 490. The molecule has 0 amide bonds. The van der Waals surface area contributed by atoms with Crippen LogP contribution in [0.4, 0.5) is 5.69 Å². The Hall–Kier alpha value is -1.43. The molecular weight excluding hydrogens is 297 g/mol. The van der Waals surface area contributed by atoms with Crippen molar-refractivity contribution in [2.45, 2.75) is 33.1 Å². The fraction of sp³-hybridized carbons (Fsp3) is 0.538. The third kappa shape index (κ3) is 6.25. The number of benzene rings is 1. The monoisotopic (exact) mass is 317 g/mol. The van der Waals surface area contributed by atoms with Crippen LogP contribution in [0.1, 0.15) is 33.1 Å². The summed E-state index contributed by atoms with van der Waals surface area (Å²) in [6.07, 6.45) is 2.30. The fourth-order valence-electron chi connectivity index (χ4n) is 1.37. The summed E-state index contributed by atoms with van der Waals surface area (Å²) in [5, 5.41) is 10.6. The highest BCUT2D eigenvalue weighted by Crippen LogP contribution is 2.49. The van der Waals surface area contributed by atoms with Gasteiger partial charge in [-0.05, 0) is 25.0 Å². The maximum Gasteiger partial charge on any atom is 0.530 e. The van der Waals surface area contributed by atoms with Crippen molar-refractivity contribution in [3.05, 3.63) is 34.4 Å². The third-order valence-electron chi connectivity index (χ3n) is 2.47. The molecule has 1 unspecified atom stereocenters. The lowest BCUT2D eigenvalue weighted by Gasteiger charge is -2.18. The third-order valence-corrected chi connectivity index (χ3v) is 3.90. The Labute approximate surface area is 124 Å². The molecule has 1 aromatic carbocycles. The van der Waals surface area contributed by atoms with Gasteiger partial charge in [-0.1, -0.05) is 20.3 Å². The van der Waals surface area contributed by atoms with E-state index in [1.807, 2.05) is 13.8 Å². The van der Waals surface area contributed by atoms with Crippen LogP contribution in [-0.4, -0.2) is 18.1 Å². The molecule has 0 aliphatic rings. The molecule has 7 nitrogen and oxygen atoms in total. The molecule has 0 aromatic heterocycles. The molecule has 0 spiro atoms. The molecule has 1 rings (SSSR count). The summed E-state index contributed by atoms with van der Waals surface area (Å²) in [5.74, 6) is 0.205. The van der Waals surface area contributed by atoms with Gasteiger partial charge in [-0.2, -0.15) is 0 Å². The summed E-state index contributed by atoms with van der Waals surface area (Å²) in [7, 11) is -3.70. The van der Waals surface area contributed by atoms with E-state index in [-0.39, 0.29) is 24.7 Å². The summed E-state index contributed by atoms with van der Waals surface area (Å²) >= 11 is 0. The Morgan fingerprint density at radius 3 is 2.24 bits per heavy atom. The molecule has 1 atom stereocenters. The van der Waals surface area contributed by atoms with E-state index in [4.69, 9.17) is 13.6 Å². The maximum absolute atomic E-state index is 12.4. The zero-order valence-corrected chi connectivity index (χ0v) is 13.1. The number of phosphoric acid groups is 1. The van der Waals surface area contributed by atoms with Gasteiger partial charge in [0.05, 0.1) is 18.1 Å². The predicted molar refractivity (Wildman–Crippen MR) is 78.4 cm³/mol. The van der Waals surface area contributed by atoms with Crippen molar-refractivity contribution in [1.29, 1.82) is 0 Å². The number of unbranched alkanes of at least 4 members (excludes halogenated alkanes) is 1. The van der Waals surface area contributed by atoms with Crippen molar-refractivity contribution >= 4 is 13.5 Å². The Kier molecular flexibility index (Phi) is 7.36. The van der Waals surface area contributed by atoms with Gasteiger partial charge < -0.3 is 4.52 Å². The summed E-state index contributed by atoms with van der Waals surface area (Å²) in [6.45, 7) is 4.38. The zero-order valence-electron chi connectivity index (χ0n) is 12.2. The molecule has 0 aliphatic heterocycles. The Balaban J connectivity index is 2.74. The second-order valence-corrected chi connectivity index (χ2v) is 5.90. The lowest BCUT2D eigenvalue weighted by molar-refractivity contribution is -0.384. The number of phosphoric ester groups is 1. The van der Waals surface area contributed by atoms with Crippen LogP contribution in [0, 0.1) is 10.1 Å². The van der Waals surface area contributed by atoms with Gasteiger partial charge in [-0.25, -0.2) is 4.57 Å². The van der Waals surface area contributed by atoms with Gasteiger partial charge in [0.25, 0.3) is 5.69 Å². The Morgan fingerprint density at radius 1 is 1.10 bits per heavy atom. The van der Waals surface area contributed by atoms with E-state index in [0.717, 1.165) is 12.8 Å².